The molecule has 2 aromatic carbocycles. The quantitative estimate of drug-likeness (QED) is 0.340. The summed E-state index contributed by atoms with van der Waals surface area (Å²) in [4.78, 5) is 26.6. The number of rotatable bonds is 7. The third-order valence-corrected chi connectivity index (χ3v) is 5.95. The lowest BCUT2D eigenvalue weighted by Crippen LogP contribution is -2.39. The lowest BCUT2D eigenvalue weighted by Gasteiger charge is -2.27. The molecule has 0 fully saturated rings. The number of hydrogen-bond donors (Lipinski definition) is 4. The third-order valence-electron chi connectivity index (χ3n) is 5.62. The van der Waals surface area contributed by atoms with Gasteiger partial charge in [-0.2, -0.15) is 4.98 Å². The van der Waals surface area contributed by atoms with Gasteiger partial charge < -0.3 is 20.8 Å². The molecule has 3 aromatic rings. The number of oxazole rings is 1. The van der Waals surface area contributed by atoms with Gasteiger partial charge in [-0.1, -0.05) is 23.7 Å². The van der Waals surface area contributed by atoms with Crippen molar-refractivity contribution in [2.24, 2.45) is 15.7 Å². The van der Waals surface area contributed by atoms with Crippen molar-refractivity contribution in [3.05, 3.63) is 81.4 Å². The number of nitrogens with one attached hydrogen (secondary N) is 3. The molecule has 9 nitrogen and oxygen atoms in total. The highest BCUT2D eigenvalue weighted by molar-refractivity contribution is 6.31. The first-order valence-corrected chi connectivity index (χ1v) is 12.0. The number of allylic oxidation sites excluding steroid dienone is 1. The Morgan fingerprint density at radius 2 is 2.11 bits per heavy atom. The van der Waals surface area contributed by atoms with E-state index in [-0.39, 0.29) is 18.5 Å². The van der Waals surface area contributed by atoms with Crippen LogP contribution in [-0.2, 0) is 4.79 Å². The van der Waals surface area contributed by atoms with Crippen LogP contribution in [0.5, 0.6) is 0 Å². The fourth-order valence-corrected chi connectivity index (χ4v) is 4.14. The number of nitrogens with two attached hydrogens (primary N) is 1. The zero-order valence-corrected chi connectivity index (χ0v) is 21.4. The molecule has 1 amide bonds. The zero-order chi connectivity index (χ0) is 26.5. The van der Waals surface area contributed by atoms with Crippen LogP contribution < -0.4 is 21.7 Å². The van der Waals surface area contributed by atoms with Crippen molar-refractivity contribution in [3.8, 4) is 0 Å². The molecule has 0 bridgehead atoms. The van der Waals surface area contributed by atoms with E-state index in [0.29, 0.717) is 51.0 Å². The van der Waals surface area contributed by atoms with Crippen LogP contribution in [0.4, 0.5) is 10.4 Å². The first kappa shape index (κ1) is 25.9. The lowest BCUT2D eigenvalue weighted by molar-refractivity contribution is -0.117. The standard InChI is InChI=1S/C26H27ClFN7O2/c1-4-30-12-16(11-29)13-31-24(36)22-15(3)32-25(34-23(22)18-7-5-14(2)9-19(18)27)35-26-33-20-8-6-17(28)10-21(20)37-26/h5-12,23H,4,13,29H2,1-3H3,(H,31,36)(H2,32,33,34,35). The molecule has 0 saturated carbocycles. The molecule has 0 saturated heterocycles. The van der Waals surface area contributed by atoms with Gasteiger partial charge in [-0.3, -0.25) is 15.1 Å². The summed E-state index contributed by atoms with van der Waals surface area (Å²) in [7, 11) is 0. The first-order valence-electron chi connectivity index (χ1n) is 11.6. The summed E-state index contributed by atoms with van der Waals surface area (Å²) in [5, 5.41) is 9.43. The van der Waals surface area contributed by atoms with E-state index in [2.05, 4.69) is 25.9 Å². The highest BCUT2D eigenvalue weighted by Gasteiger charge is 2.31. The van der Waals surface area contributed by atoms with Crippen molar-refractivity contribution in [2.75, 3.05) is 18.4 Å². The van der Waals surface area contributed by atoms with E-state index in [1.54, 1.807) is 13.1 Å². The predicted octanol–water partition coefficient (Wildman–Crippen LogP) is 4.36. The monoisotopic (exact) mass is 523 g/mol. The highest BCUT2D eigenvalue weighted by atomic mass is 35.5. The minimum atomic E-state index is -0.728. The van der Waals surface area contributed by atoms with Crippen molar-refractivity contribution in [3.63, 3.8) is 0 Å². The van der Waals surface area contributed by atoms with Crippen LogP contribution in [-0.4, -0.2) is 36.2 Å². The molecule has 4 rings (SSSR count). The molecule has 0 aliphatic carbocycles. The number of guanidine groups is 1. The second kappa shape index (κ2) is 11.3. The Morgan fingerprint density at radius 1 is 1.30 bits per heavy atom. The molecule has 2 heterocycles. The van der Waals surface area contributed by atoms with E-state index in [0.717, 1.165) is 5.56 Å². The molecular formula is C26H27ClFN7O2. The number of carbonyl (C=O) groups is 1. The van der Waals surface area contributed by atoms with Gasteiger partial charge in [-0.15, -0.1) is 0 Å². The Morgan fingerprint density at radius 3 is 2.84 bits per heavy atom. The number of hydrogen-bond acceptors (Lipinski definition) is 8. The van der Waals surface area contributed by atoms with Crippen LogP contribution in [0.2, 0.25) is 5.02 Å². The molecule has 0 spiro atoms. The number of aromatic nitrogens is 1. The number of aryl methyl sites for hydroxylation is 1. The normalized spacial score (nSPS) is 16.2. The topological polar surface area (TPSA) is 130 Å². The van der Waals surface area contributed by atoms with Crippen LogP contribution >= 0.6 is 11.6 Å². The maximum atomic E-state index is 13.6. The number of benzene rings is 2. The molecule has 5 N–H and O–H groups in total. The molecule has 1 aliphatic rings. The summed E-state index contributed by atoms with van der Waals surface area (Å²) in [5.41, 5.74) is 9.69. The Hall–Kier alpha value is -4.18. The smallest absolute Gasteiger partial charge is 0.302 e. The minimum Gasteiger partial charge on any atom is -0.423 e. The summed E-state index contributed by atoms with van der Waals surface area (Å²) in [5.74, 6) is -0.475. The fourth-order valence-electron chi connectivity index (χ4n) is 3.80. The van der Waals surface area contributed by atoms with E-state index >= 15 is 0 Å². The largest absolute Gasteiger partial charge is 0.423 e. The second-order valence-corrected chi connectivity index (χ2v) is 8.78. The highest BCUT2D eigenvalue weighted by Crippen LogP contribution is 2.35. The van der Waals surface area contributed by atoms with E-state index in [4.69, 9.17) is 26.7 Å². The summed E-state index contributed by atoms with van der Waals surface area (Å²) >= 11 is 6.59. The maximum absolute atomic E-state index is 13.6. The molecule has 37 heavy (non-hydrogen) atoms. The molecule has 192 valence electrons. The number of anilines is 1. The van der Waals surface area contributed by atoms with Crippen molar-refractivity contribution in [1.29, 1.82) is 0 Å². The van der Waals surface area contributed by atoms with Crippen molar-refractivity contribution < 1.29 is 13.6 Å². The number of halogens is 2. The van der Waals surface area contributed by atoms with Gasteiger partial charge in [-0.05, 0) is 44.5 Å². The van der Waals surface area contributed by atoms with Gasteiger partial charge in [0.1, 0.15) is 17.4 Å². The lowest BCUT2D eigenvalue weighted by atomic mass is 9.95. The van der Waals surface area contributed by atoms with Gasteiger partial charge in [-0.25, -0.2) is 9.38 Å². The molecule has 1 unspecified atom stereocenters. The first-order chi connectivity index (χ1) is 17.8. The van der Waals surface area contributed by atoms with Gasteiger partial charge in [0, 0.05) is 53.4 Å². The Labute approximate surface area is 218 Å². The molecule has 1 aromatic heterocycles. The molecule has 11 heteroatoms. The molecule has 0 radical (unpaired) electrons. The zero-order valence-electron chi connectivity index (χ0n) is 20.6. The van der Waals surface area contributed by atoms with Gasteiger partial charge in [0.25, 0.3) is 5.91 Å². The number of nitrogens with zero attached hydrogens (tertiary/aromatic N) is 3. The number of amides is 1. The third kappa shape index (κ3) is 5.97. The number of carbonyl (C=O) groups excluding carboxylic acids is 1. The average Bonchev–Trinajstić information content (AvgIpc) is 3.25. The van der Waals surface area contributed by atoms with E-state index in [1.807, 2.05) is 32.0 Å². The second-order valence-electron chi connectivity index (χ2n) is 8.38. The predicted molar refractivity (Wildman–Crippen MR) is 144 cm³/mol. The van der Waals surface area contributed by atoms with E-state index < -0.39 is 11.9 Å². The SMILES string of the molecule is CCN=CC(=CN)CNC(=O)C1=C(C)NC(Nc2nc3ccc(F)cc3o2)=NC1c1ccc(C)cc1Cl. The molecule has 1 atom stereocenters. The number of fused-ring (bicyclic) bond motifs is 1. The van der Waals surface area contributed by atoms with Crippen LogP contribution in [0.25, 0.3) is 11.1 Å². The Bertz CT molecular complexity index is 1460. The minimum absolute atomic E-state index is 0.120. The van der Waals surface area contributed by atoms with E-state index in [1.165, 1.54) is 24.4 Å². The van der Waals surface area contributed by atoms with Crippen LogP contribution in [0.15, 0.2) is 73.8 Å². The van der Waals surface area contributed by atoms with Crippen LogP contribution in [0.3, 0.4) is 0 Å². The number of aliphatic imine (C=N–C) groups is 2. The summed E-state index contributed by atoms with van der Waals surface area (Å²) < 4.78 is 19.2. The van der Waals surface area contributed by atoms with Crippen molar-refractivity contribution in [2.45, 2.75) is 26.8 Å². The Kier molecular flexibility index (Phi) is 7.88. The summed E-state index contributed by atoms with van der Waals surface area (Å²) in [6.07, 6.45) is 3.03. The molecule has 1 aliphatic heterocycles. The maximum Gasteiger partial charge on any atom is 0.302 e. The van der Waals surface area contributed by atoms with Gasteiger partial charge >= 0.3 is 6.01 Å². The average molecular weight is 524 g/mol. The fraction of sp³-hybridized carbons (Fsp3) is 0.231. The molecular weight excluding hydrogens is 497 g/mol. The Balaban J connectivity index is 1.65. The van der Waals surface area contributed by atoms with Gasteiger partial charge in [0.15, 0.2) is 5.58 Å². The van der Waals surface area contributed by atoms with Crippen LogP contribution in [0.1, 0.15) is 31.0 Å². The van der Waals surface area contributed by atoms with E-state index in [9.17, 15) is 9.18 Å². The van der Waals surface area contributed by atoms with Crippen molar-refractivity contribution >= 4 is 46.8 Å². The summed E-state index contributed by atoms with van der Waals surface area (Å²) in [6, 6.07) is 9.03. The van der Waals surface area contributed by atoms with Gasteiger partial charge in [0.2, 0.25) is 5.96 Å². The van der Waals surface area contributed by atoms with Crippen LogP contribution in [0, 0.1) is 12.7 Å². The van der Waals surface area contributed by atoms with Gasteiger partial charge in [0.05, 0.1) is 5.57 Å². The summed E-state index contributed by atoms with van der Waals surface area (Å²) in [6.45, 7) is 6.40. The van der Waals surface area contributed by atoms with Crippen molar-refractivity contribution in [1.82, 2.24) is 15.6 Å².